The zero-order valence-corrected chi connectivity index (χ0v) is 19.7. The molecule has 0 atom stereocenters. The first kappa shape index (κ1) is 24.0. The molecule has 10 heteroatoms. The van der Waals surface area contributed by atoms with Crippen LogP contribution in [-0.4, -0.2) is 63.5 Å². The van der Waals surface area contributed by atoms with Crippen LogP contribution in [0.1, 0.15) is 21.7 Å². The van der Waals surface area contributed by atoms with Crippen LogP contribution in [0.2, 0.25) is 0 Å². The molecule has 1 fully saturated rings. The summed E-state index contributed by atoms with van der Waals surface area (Å²) in [4.78, 5) is 30.1. The highest BCUT2D eigenvalue weighted by Crippen LogP contribution is 2.20. The van der Waals surface area contributed by atoms with Gasteiger partial charge in [0.1, 0.15) is 11.6 Å². The van der Waals surface area contributed by atoms with Gasteiger partial charge in [-0.3, -0.25) is 4.79 Å². The summed E-state index contributed by atoms with van der Waals surface area (Å²) in [6, 6.07) is 8.99. The van der Waals surface area contributed by atoms with E-state index in [0.29, 0.717) is 41.9 Å². The maximum absolute atomic E-state index is 13.5. The minimum Gasteiger partial charge on any atom is -0.401 e. The SMILES string of the molecule is Cc1cc2cc(C(=O)N(C/C(N)=C/C=C(\N)N3CCOCC3)Cc3ncccn3)ccc2nc1N. The van der Waals surface area contributed by atoms with Crippen molar-refractivity contribution in [1.82, 2.24) is 24.8 Å². The van der Waals surface area contributed by atoms with Crippen molar-refractivity contribution < 1.29 is 9.53 Å². The summed E-state index contributed by atoms with van der Waals surface area (Å²) in [5, 5.41) is 0.836. The molecule has 0 bridgehead atoms. The average molecular weight is 475 g/mol. The smallest absolute Gasteiger partial charge is 0.254 e. The number of nitrogens with zero attached hydrogens (tertiary/aromatic N) is 5. The number of aryl methyl sites for hydroxylation is 1. The van der Waals surface area contributed by atoms with E-state index in [1.54, 1.807) is 47.6 Å². The molecule has 1 aliphatic heterocycles. The van der Waals surface area contributed by atoms with E-state index in [4.69, 9.17) is 21.9 Å². The number of pyridine rings is 1. The lowest BCUT2D eigenvalue weighted by molar-refractivity contribution is 0.0530. The Morgan fingerprint density at radius 1 is 1.14 bits per heavy atom. The summed E-state index contributed by atoms with van der Waals surface area (Å²) in [6.07, 6.45) is 6.78. The Balaban J connectivity index is 1.58. The molecule has 6 N–H and O–H groups in total. The number of nitrogen functional groups attached to an aromatic ring is 1. The molecule has 1 amide bonds. The van der Waals surface area contributed by atoms with E-state index >= 15 is 0 Å². The van der Waals surface area contributed by atoms with Crippen LogP contribution in [0.5, 0.6) is 0 Å². The second-order valence-corrected chi connectivity index (χ2v) is 8.36. The number of hydrogen-bond acceptors (Lipinski definition) is 9. The van der Waals surface area contributed by atoms with Gasteiger partial charge >= 0.3 is 0 Å². The summed E-state index contributed by atoms with van der Waals surface area (Å²) >= 11 is 0. The van der Waals surface area contributed by atoms with Crippen LogP contribution in [0.15, 0.2) is 66.4 Å². The molecule has 10 nitrogen and oxygen atoms in total. The number of aromatic nitrogens is 3. The first-order chi connectivity index (χ1) is 16.9. The third-order valence-electron chi connectivity index (χ3n) is 5.75. The van der Waals surface area contributed by atoms with Crippen molar-refractivity contribution in [3.8, 4) is 0 Å². The molecule has 0 unspecified atom stereocenters. The molecule has 1 aromatic carbocycles. The van der Waals surface area contributed by atoms with Crippen molar-refractivity contribution in [3.05, 3.63) is 83.3 Å². The Kier molecular flexibility index (Phi) is 7.41. The lowest BCUT2D eigenvalue weighted by atomic mass is 10.1. The highest BCUT2D eigenvalue weighted by Gasteiger charge is 2.19. The zero-order valence-electron chi connectivity index (χ0n) is 19.7. The molecule has 0 saturated carbocycles. The van der Waals surface area contributed by atoms with Crippen LogP contribution in [0.3, 0.4) is 0 Å². The lowest BCUT2D eigenvalue weighted by Crippen LogP contribution is -2.38. The normalized spacial score (nSPS) is 14.8. The number of allylic oxidation sites excluding steroid dienone is 2. The number of fused-ring (bicyclic) bond motifs is 1. The molecule has 1 aliphatic rings. The highest BCUT2D eigenvalue weighted by molar-refractivity contribution is 5.98. The van der Waals surface area contributed by atoms with Gasteiger partial charge in [0.2, 0.25) is 0 Å². The predicted molar refractivity (Wildman–Crippen MR) is 135 cm³/mol. The van der Waals surface area contributed by atoms with Gasteiger partial charge in [0.15, 0.2) is 0 Å². The van der Waals surface area contributed by atoms with Gasteiger partial charge in [0.05, 0.1) is 37.6 Å². The van der Waals surface area contributed by atoms with Gasteiger partial charge in [-0.2, -0.15) is 0 Å². The molecule has 2 aromatic heterocycles. The number of anilines is 1. The van der Waals surface area contributed by atoms with Crippen molar-refractivity contribution in [1.29, 1.82) is 0 Å². The fourth-order valence-electron chi connectivity index (χ4n) is 3.79. The van der Waals surface area contributed by atoms with Crippen LogP contribution in [0, 0.1) is 6.92 Å². The third-order valence-corrected chi connectivity index (χ3v) is 5.75. The monoisotopic (exact) mass is 474 g/mol. The van der Waals surface area contributed by atoms with Gasteiger partial charge in [-0.05, 0) is 55.0 Å². The van der Waals surface area contributed by atoms with Crippen LogP contribution in [0.4, 0.5) is 5.82 Å². The number of nitrogens with two attached hydrogens (primary N) is 3. The van der Waals surface area contributed by atoms with E-state index < -0.39 is 0 Å². The molecular formula is C25H30N8O2. The molecule has 3 aromatic rings. The number of carbonyl (C=O) groups excluding carboxylic acids is 1. The second kappa shape index (κ2) is 10.8. The molecule has 3 heterocycles. The second-order valence-electron chi connectivity index (χ2n) is 8.36. The summed E-state index contributed by atoms with van der Waals surface area (Å²) in [7, 11) is 0. The number of hydrogen-bond donors (Lipinski definition) is 3. The van der Waals surface area contributed by atoms with Crippen LogP contribution in [0.25, 0.3) is 10.9 Å². The molecule has 182 valence electrons. The Bertz CT molecular complexity index is 1250. The number of rotatable bonds is 7. The van der Waals surface area contributed by atoms with E-state index in [0.717, 1.165) is 29.6 Å². The molecule has 0 radical (unpaired) electrons. The fraction of sp³-hybridized carbons (Fsp3) is 0.280. The van der Waals surface area contributed by atoms with Gasteiger partial charge in [0.25, 0.3) is 5.91 Å². The van der Waals surface area contributed by atoms with E-state index in [1.165, 1.54) is 0 Å². The van der Waals surface area contributed by atoms with E-state index in [2.05, 4.69) is 15.0 Å². The third kappa shape index (κ3) is 6.04. The van der Waals surface area contributed by atoms with E-state index in [9.17, 15) is 4.79 Å². The summed E-state index contributed by atoms with van der Waals surface area (Å²) in [5.41, 5.74) is 21.0. The number of benzene rings is 1. The van der Waals surface area contributed by atoms with Gasteiger partial charge in [-0.1, -0.05) is 0 Å². The average Bonchev–Trinajstić information content (AvgIpc) is 2.88. The van der Waals surface area contributed by atoms with Crippen molar-refractivity contribution >= 4 is 22.6 Å². The van der Waals surface area contributed by atoms with Crippen molar-refractivity contribution in [3.63, 3.8) is 0 Å². The number of ether oxygens (including phenoxy) is 1. The minimum absolute atomic E-state index is 0.182. The van der Waals surface area contributed by atoms with Crippen LogP contribution in [-0.2, 0) is 11.3 Å². The molecule has 0 spiro atoms. The van der Waals surface area contributed by atoms with E-state index in [1.807, 2.05) is 24.0 Å². The standard InChI is InChI=1S/C25H30N8O2/c1-17-13-19-14-18(3-5-21(19)31-24(17)28)25(34)33(16-23-29-7-2-8-30-23)15-20(26)4-6-22(27)32-9-11-35-12-10-32/h2-8,13-14H,9-12,15-16,26-27H2,1H3,(H2,28,31)/b20-4-,22-6+. The van der Waals surface area contributed by atoms with Crippen molar-refractivity contribution in [2.24, 2.45) is 11.5 Å². The van der Waals surface area contributed by atoms with Crippen LogP contribution >= 0.6 is 0 Å². The first-order valence-electron chi connectivity index (χ1n) is 11.4. The molecule has 4 rings (SSSR count). The Labute approximate surface area is 204 Å². The van der Waals surface area contributed by atoms with Crippen LogP contribution < -0.4 is 17.2 Å². The quantitative estimate of drug-likeness (QED) is 0.433. The van der Waals surface area contributed by atoms with Gasteiger partial charge in [-0.15, -0.1) is 0 Å². The number of carbonyl (C=O) groups is 1. The number of morpholine rings is 1. The van der Waals surface area contributed by atoms with Gasteiger partial charge in [0, 0.05) is 42.1 Å². The first-order valence-corrected chi connectivity index (χ1v) is 11.4. The highest BCUT2D eigenvalue weighted by atomic mass is 16.5. The zero-order chi connectivity index (χ0) is 24.8. The maximum Gasteiger partial charge on any atom is 0.254 e. The van der Waals surface area contributed by atoms with Crippen molar-refractivity contribution in [2.45, 2.75) is 13.5 Å². The molecule has 0 aliphatic carbocycles. The van der Waals surface area contributed by atoms with E-state index in [-0.39, 0.29) is 19.0 Å². The lowest BCUT2D eigenvalue weighted by Gasteiger charge is -2.28. The van der Waals surface area contributed by atoms with Gasteiger partial charge in [-0.25, -0.2) is 15.0 Å². The largest absolute Gasteiger partial charge is 0.401 e. The maximum atomic E-state index is 13.5. The summed E-state index contributed by atoms with van der Waals surface area (Å²) < 4.78 is 5.36. The topological polar surface area (TPSA) is 150 Å². The Morgan fingerprint density at radius 3 is 2.63 bits per heavy atom. The Hall–Kier alpha value is -4.18. The van der Waals surface area contributed by atoms with Gasteiger partial charge < -0.3 is 31.7 Å². The van der Waals surface area contributed by atoms with Crippen molar-refractivity contribution in [2.75, 3.05) is 38.6 Å². The fourth-order valence-corrected chi connectivity index (χ4v) is 3.79. The predicted octanol–water partition coefficient (Wildman–Crippen LogP) is 1.53. The summed E-state index contributed by atoms with van der Waals surface area (Å²) in [6.45, 7) is 5.01. The molecule has 35 heavy (non-hydrogen) atoms. The molecular weight excluding hydrogens is 444 g/mol. The summed E-state index contributed by atoms with van der Waals surface area (Å²) in [5.74, 6) is 1.40. The minimum atomic E-state index is -0.199. The molecule has 1 saturated heterocycles. The Morgan fingerprint density at radius 2 is 1.89 bits per heavy atom. The number of amides is 1.